The van der Waals surface area contributed by atoms with E-state index in [0.717, 1.165) is 6.42 Å². The molecule has 0 spiro atoms. The fourth-order valence-corrected chi connectivity index (χ4v) is 1.69. The maximum Gasteiger partial charge on any atom is 0.411 e. The monoisotopic (exact) mass is 241 g/mol. The highest BCUT2D eigenvalue weighted by Gasteiger charge is 2.30. The maximum absolute atomic E-state index is 11.7. The fourth-order valence-electron chi connectivity index (χ4n) is 1.69. The number of likely N-dealkylation sites (tertiary alicyclic amines) is 1. The Morgan fingerprint density at radius 1 is 1.50 bits per heavy atom. The largest absolute Gasteiger partial charge is 0.411 e. The third-order valence-corrected chi connectivity index (χ3v) is 2.40. The number of carbonyl (C=O) groups excluding carboxylic acids is 1. The van der Waals surface area contributed by atoms with Crippen LogP contribution in [0.25, 0.3) is 0 Å². The molecule has 16 heavy (non-hydrogen) atoms. The first-order valence-corrected chi connectivity index (χ1v) is 4.99. The summed E-state index contributed by atoms with van der Waals surface area (Å²) < 4.78 is 39.5. The number of nitrogens with zero attached hydrogens (tertiary/aromatic N) is 1. The zero-order valence-corrected chi connectivity index (χ0v) is 8.66. The molecule has 1 atom stereocenters. The molecule has 0 aliphatic carbocycles. The van der Waals surface area contributed by atoms with Crippen molar-refractivity contribution in [3.63, 3.8) is 0 Å². The van der Waals surface area contributed by atoms with Crippen LogP contribution in [0.5, 0.6) is 0 Å². The number of carbonyl (C=O) groups is 1. The van der Waals surface area contributed by atoms with Crippen molar-refractivity contribution < 1.29 is 27.8 Å². The standard InChI is InChI=1S/C9H14F3NO3/c10-9(11,12)6-16-5-8(15)13-3-1-2-7(13)4-14/h7,14H,1-6H2. The van der Waals surface area contributed by atoms with Gasteiger partial charge in [-0.15, -0.1) is 0 Å². The number of amides is 1. The number of aliphatic hydroxyl groups excluding tert-OH is 1. The Kier molecular flexibility index (Phi) is 4.55. The summed E-state index contributed by atoms with van der Waals surface area (Å²) in [5, 5.41) is 8.93. The Bertz CT molecular complexity index is 245. The van der Waals surface area contributed by atoms with Gasteiger partial charge in [-0.05, 0) is 12.8 Å². The van der Waals surface area contributed by atoms with E-state index in [0.29, 0.717) is 13.0 Å². The van der Waals surface area contributed by atoms with E-state index in [-0.39, 0.29) is 12.6 Å². The number of hydrogen-bond donors (Lipinski definition) is 1. The van der Waals surface area contributed by atoms with Gasteiger partial charge in [0.15, 0.2) is 0 Å². The average molecular weight is 241 g/mol. The van der Waals surface area contributed by atoms with Crippen molar-refractivity contribution >= 4 is 5.91 Å². The van der Waals surface area contributed by atoms with Crippen LogP contribution in [0.4, 0.5) is 13.2 Å². The summed E-state index contributed by atoms with van der Waals surface area (Å²) in [6.07, 6.45) is -2.97. The molecule has 1 aliphatic heterocycles. The van der Waals surface area contributed by atoms with Gasteiger partial charge in [-0.1, -0.05) is 0 Å². The molecule has 1 N–H and O–H groups in total. The van der Waals surface area contributed by atoms with Gasteiger partial charge in [0, 0.05) is 6.54 Å². The minimum atomic E-state index is -4.42. The van der Waals surface area contributed by atoms with Crippen molar-refractivity contribution in [2.45, 2.75) is 25.1 Å². The molecule has 0 saturated carbocycles. The molecule has 7 heteroatoms. The molecule has 0 bridgehead atoms. The fraction of sp³-hybridized carbons (Fsp3) is 0.889. The van der Waals surface area contributed by atoms with Gasteiger partial charge in [0.05, 0.1) is 12.6 Å². The van der Waals surface area contributed by atoms with E-state index in [2.05, 4.69) is 4.74 Å². The molecule has 1 unspecified atom stereocenters. The van der Waals surface area contributed by atoms with Gasteiger partial charge in [-0.3, -0.25) is 4.79 Å². The molecule has 1 fully saturated rings. The van der Waals surface area contributed by atoms with Crippen molar-refractivity contribution in [2.75, 3.05) is 26.4 Å². The summed E-state index contributed by atoms with van der Waals surface area (Å²) in [4.78, 5) is 12.8. The van der Waals surface area contributed by atoms with Crippen LogP contribution in [0.15, 0.2) is 0 Å². The van der Waals surface area contributed by atoms with Gasteiger partial charge >= 0.3 is 6.18 Å². The first-order chi connectivity index (χ1) is 7.44. The van der Waals surface area contributed by atoms with Crippen LogP contribution in [0.2, 0.25) is 0 Å². The average Bonchev–Trinajstić information content (AvgIpc) is 2.63. The van der Waals surface area contributed by atoms with Crippen LogP contribution in [0.1, 0.15) is 12.8 Å². The number of alkyl halides is 3. The number of hydrogen-bond acceptors (Lipinski definition) is 3. The van der Waals surface area contributed by atoms with E-state index in [9.17, 15) is 18.0 Å². The lowest BCUT2D eigenvalue weighted by Gasteiger charge is -2.22. The lowest BCUT2D eigenvalue weighted by atomic mass is 10.2. The highest BCUT2D eigenvalue weighted by atomic mass is 19.4. The Labute approximate surface area is 91.0 Å². The molecular weight excluding hydrogens is 227 g/mol. The van der Waals surface area contributed by atoms with Crippen LogP contribution in [-0.2, 0) is 9.53 Å². The van der Waals surface area contributed by atoms with E-state index < -0.39 is 25.3 Å². The van der Waals surface area contributed by atoms with Crippen molar-refractivity contribution in [3.05, 3.63) is 0 Å². The number of rotatable bonds is 4. The van der Waals surface area contributed by atoms with Gasteiger partial charge in [0.1, 0.15) is 13.2 Å². The highest BCUT2D eigenvalue weighted by molar-refractivity contribution is 5.78. The highest BCUT2D eigenvalue weighted by Crippen LogP contribution is 2.18. The first-order valence-electron chi connectivity index (χ1n) is 4.99. The minimum absolute atomic E-state index is 0.162. The lowest BCUT2D eigenvalue weighted by Crippen LogP contribution is -2.40. The van der Waals surface area contributed by atoms with E-state index >= 15 is 0 Å². The van der Waals surface area contributed by atoms with Crippen molar-refractivity contribution in [2.24, 2.45) is 0 Å². The zero-order valence-electron chi connectivity index (χ0n) is 8.66. The van der Waals surface area contributed by atoms with Gasteiger partial charge in [0.25, 0.3) is 0 Å². The minimum Gasteiger partial charge on any atom is -0.394 e. The van der Waals surface area contributed by atoms with Gasteiger partial charge in [0.2, 0.25) is 5.91 Å². The van der Waals surface area contributed by atoms with Crippen LogP contribution in [-0.4, -0.2) is 54.5 Å². The van der Waals surface area contributed by atoms with Crippen molar-refractivity contribution in [1.82, 2.24) is 4.90 Å². The number of halogens is 3. The summed E-state index contributed by atoms with van der Waals surface area (Å²) in [6, 6.07) is -0.276. The molecular formula is C9H14F3NO3. The zero-order chi connectivity index (χ0) is 12.2. The maximum atomic E-state index is 11.7. The Balaban J connectivity index is 2.29. The molecule has 1 saturated heterocycles. The molecule has 1 aliphatic rings. The molecule has 1 amide bonds. The molecule has 0 aromatic carbocycles. The molecule has 0 aromatic rings. The topological polar surface area (TPSA) is 49.8 Å². The van der Waals surface area contributed by atoms with Crippen LogP contribution >= 0.6 is 0 Å². The number of aliphatic hydroxyl groups is 1. The first kappa shape index (κ1) is 13.2. The van der Waals surface area contributed by atoms with Crippen LogP contribution in [0, 0.1) is 0 Å². The van der Waals surface area contributed by atoms with Crippen molar-refractivity contribution in [1.29, 1.82) is 0 Å². The van der Waals surface area contributed by atoms with Crippen LogP contribution < -0.4 is 0 Å². The van der Waals surface area contributed by atoms with Crippen molar-refractivity contribution in [3.8, 4) is 0 Å². The second kappa shape index (κ2) is 5.49. The predicted molar refractivity (Wildman–Crippen MR) is 48.7 cm³/mol. The van der Waals surface area contributed by atoms with E-state index in [4.69, 9.17) is 5.11 Å². The number of ether oxygens (including phenoxy) is 1. The molecule has 0 radical (unpaired) electrons. The summed E-state index contributed by atoms with van der Waals surface area (Å²) in [7, 11) is 0. The van der Waals surface area contributed by atoms with E-state index in [1.807, 2.05) is 0 Å². The Hall–Kier alpha value is -0.820. The van der Waals surface area contributed by atoms with Gasteiger partial charge < -0.3 is 14.7 Å². The molecule has 94 valence electrons. The predicted octanol–water partition coefficient (Wildman–Crippen LogP) is 0.549. The van der Waals surface area contributed by atoms with Gasteiger partial charge in [-0.25, -0.2) is 0 Å². The van der Waals surface area contributed by atoms with Crippen LogP contribution in [0.3, 0.4) is 0 Å². The second-order valence-electron chi connectivity index (χ2n) is 3.67. The Morgan fingerprint density at radius 2 is 2.19 bits per heavy atom. The van der Waals surface area contributed by atoms with E-state index in [1.165, 1.54) is 4.90 Å². The van der Waals surface area contributed by atoms with Gasteiger partial charge in [-0.2, -0.15) is 13.2 Å². The Morgan fingerprint density at radius 3 is 2.75 bits per heavy atom. The summed E-state index contributed by atoms with van der Waals surface area (Å²) in [5.41, 5.74) is 0. The molecule has 4 nitrogen and oxygen atoms in total. The SMILES string of the molecule is O=C(COCC(F)(F)F)N1CCCC1CO. The third-order valence-electron chi connectivity index (χ3n) is 2.40. The third kappa shape index (κ3) is 3.97. The summed E-state index contributed by atoms with van der Waals surface area (Å²) in [6.45, 7) is -1.70. The molecule has 1 heterocycles. The molecule has 1 rings (SSSR count). The smallest absolute Gasteiger partial charge is 0.394 e. The van der Waals surface area contributed by atoms with E-state index in [1.54, 1.807) is 0 Å². The summed E-state index contributed by atoms with van der Waals surface area (Å²) in [5.74, 6) is -0.499. The molecule has 0 aromatic heterocycles. The quantitative estimate of drug-likeness (QED) is 0.782. The summed E-state index contributed by atoms with van der Waals surface area (Å²) >= 11 is 0. The second-order valence-corrected chi connectivity index (χ2v) is 3.67. The normalized spacial score (nSPS) is 21.5. The lowest BCUT2D eigenvalue weighted by molar-refractivity contribution is -0.178.